The Balaban J connectivity index is 1.52. The van der Waals surface area contributed by atoms with Crippen LogP contribution in [0.15, 0.2) is 36.4 Å². The fourth-order valence-electron chi connectivity index (χ4n) is 5.13. The highest BCUT2D eigenvalue weighted by Gasteiger charge is 2.46. The molecule has 0 radical (unpaired) electrons. The van der Waals surface area contributed by atoms with Gasteiger partial charge in [-0.05, 0) is 48.3 Å². The molecule has 146 valence electrons. The minimum atomic E-state index is -0.212. The fraction of sp³-hybridized carbons (Fsp3) is 0.609. The van der Waals surface area contributed by atoms with E-state index in [1.54, 1.807) is 11.8 Å². The van der Waals surface area contributed by atoms with Crippen LogP contribution in [0, 0.1) is 23.6 Å². The molecule has 1 aromatic rings. The Morgan fingerprint density at radius 2 is 1.89 bits per heavy atom. The summed E-state index contributed by atoms with van der Waals surface area (Å²) in [6, 6.07) is 6.81. The summed E-state index contributed by atoms with van der Waals surface area (Å²) in [6.45, 7) is 6.66. The molecule has 1 aromatic carbocycles. The summed E-state index contributed by atoms with van der Waals surface area (Å²) >= 11 is 1.76. The monoisotopic (exact) mass is 388 g/mol. The molecular formula is C23H29FO2S. The molecule has 0 aromatic heterocycles. The van der Waals surface area contributed by atoms with Crippen molar-refractivity contribution in [3.8, 4) is 0 Å². The van der Waals surface area contributed by atoms with Crippen molar-refractivity contribution in [1.82, 2.24) is 0 Å². The van der Waals surface area contributed by atoms with Crippen molar-refractivity contribution in [3.05, 3.63) is 47.8 Å². The Morgan fingerprint density at radius 1 is 1.15 bits per heavy atom. The second kappa shape index (κ2) is 7.27. The van der Waals surface area contributed by atoms with Gasteiger partial charge in [0.25, 0.3) is 0 Å². The van der Waals surface area contributed by atoms with E-state index in [0.717, 1.165) is 31.2 Å². The van der Waals surface area contributed by atoms with Crippen LogP contribution in [0.2, 0.25) is 0 Å². The summed E-state index contributed by atoms with van der Waals surface area (Å²) < 4.78 is 19.6. The number of ether oxygens (including phenoxy) is 1. The van der Waals surface area contributed by atoms with Crippen molar-refractivity contribution in [2.75, 3.05) is 0 Å². The van der Waals surface area contributed by atoms with Gasteiger partial charge >= 0.3 is 5.97 Å². The molecule has 3 aliphatic rings. The molecule has 2 nitrogen and oxygen atoms in total. The quantitative estimate of drug-likeness (QED) is 0.502. The van der Waals surface area contributed by atoms with Gasteiger partial charge in [0.1, 0.15) is 17.2 Å². The molecule has 4 heteroatoms. The molecule has 1 saturated heterocycles. The SMILES string of the molecule is C[C@@H]1CC[C@@H](C(C)(C)c2ccc(F)cc2)[C@H](OC(=O)[C@H]2S[C@H]3C=C[C@@H]2C3)C1. The average Bonchev–Trinajstić information content (AvgIpc) is 3.25. The first-order valence-electron chi connectivity index (χ1n) is 10.1. The lowest BCUT2D eigenvalue weighted by molar-refractivity contribution is -0.156. The Kier molecular flexibility index (Phi) is 5.13. The molecule has 0 amide bonds. The summed E-state index contributed by atoms with van der Waals surface area (Å²) in [5.74, 6) is 0.918. The van der Waals surface area contributed by atoms with Gasteiger partial charge in [0.05, 0.1) is 0 Å². The van der Waals surface area contributed by atoms with Crippen LogP contribution in [-0.2, 0) is 14.9 Å². The van der Waals surface area contributed by atoms with Crippen LogP contribution in [0.3, 0.4) is 0 Å². The van der Waals surface area contributed by atoms with E-state index >= 15 is 0 Å². The maximum absolute atomic E-state index is 13.4. The zero-order valence-electron chi connectivity index (χ0n) is 16.4. The first kappa shape index (κ1) is 19.0. The van der Waals surface area contributed by atoms with Crippen LogP contribution >= 0.6 is 11.8 Å². The van der Waals surface area contributed by atoms with Crippen molar-refractivity contribution in [2.24, 2.45) is 17.8 Å². The second-order valence-electron chi connectivity index (χ2n) is 9.11. The number of benzene rings is 1. The lowest BCUT2D eigenvalue weighted by Crippen LogP contribution is -2.44. The average molecular weight is 389 g/mol. The van der Waals surface area contributed by atoms with E-state index in [4.69, 9.17) is 4.74 Å². The van der Waals surface area contributed by atoms with Gasteiger partial charge in [-0.3, -0.25) is 4.79 Å². The molecule has 1 saturated carbocycles. The standard InChI is InChI=1S/C23H29FO2S/c1-14-4-11-19(23(2,3)16-6-8-17(24)9-7-16)20(12-14)26-22(25)21-15-5-10-18(13-15)27-21/h5-10,14-15,18-21H,4,11-13H2,1-3H3/t14-,15-,18+,19-,20-,21+/m1/s1. The summed E-state index contributed by atoms with van der Waals surface area (Å²) in [6.07, 6.45) is 8.53. The lowest BCUT2D eigenvalue weighted by atomic mass is 9.64. The lowest BCUT2D eigenvalue weighted by Gasteiger charge is -2.44. The normalized spacial score (nSPS) is 35.4. The van der Waals surface area contributed by atoms with E-state index in [1.165, 1.54) is 12.1 Å². The molecule has 27 heavy (non-hydrogen) atoms. The Bertz CT molecular complexity index is 726. The molecule has 4 rings (SSSR count). The van der Waals surface area contributed by atoms with E-state index in [2.05, 4.69) is 32.9 Å². The highest BCUT2D eigenvalue weighted by molar-refractivity contribution is 8.01. The summed E-state index contributed by atoms with van der Waals surface area (Å²) in [5, 5.41) is 0.455. The third-order valence-electron chi connectivity index (χ3n) is 6.86. The Morgan fingerprint density at radius 3 is 2.52 bits per heavy atom. The number of hydrogen-bond donors (Lipinski definition) is 0. The predicted octanol–water partition coefficient (Wildman–Crippen LogP) is 5.51. The number of hydrogen-bond acceptors (Lipinski definition) is 3. The molecule has 1 heterocycles. The fourth-order valence-corrected chi connectivity index (χ4v) is 6.59. The van der Waals surface area contributed by atoms with Gasteiger partial charge in [0.15, 0.2) is 0 Å². The van der Waals surface area contributed by atoms with Gasteiger partial charge in [0.2, 0.25) is 0 Å². The molecule has 0 spiro atoms. The number of carbonyl (C=O) groups is 1. The van der Waals surface area contributed by atoms with E-state index in [1.807, 2.05) is 12.1 Å². The second-order valence-corrected chi connectivity index (χ2v) is 10.5. The van der Waals surface area contributed by atoms with Crippen LogP contribution in [0.25, 0.3) is 0 Å². The van der Waals surface area contributed by atoms with Crippen molar-refractivity contribution >= 4 is 17.7 Å². The van der Waals surface area contributed by atoms with E-state index in [0.29, 0.717) is 17.1 Å². The summed E-state index contributed by atoms with van der Waals surface area (Å²) in [4.78, 5) is 12.9. The number of allylic oxidation sites excluding steroid dienone is 1. The number of halogens is 1. The van der Waals surface area contributed by atoms with Crippen LogP contribution < -0.4 is 0 Å². The van der Waals surface area contributed by atoms with Crippen LogP contribution in [0.5, 0.6) is 0 Å². The van der Waals surface area contributed by atoms with Gasteiger partial charge in [-0.1, -0.05) is 51.5 Å². The third kappa shape index (κ3) is 3.70. The molecule has 2 aliphatic carbocycles. The zero-order valence-corrected chi connectivity index (χ0v) is 17.2. The summed E-state index contributed by atoms with van der Waals surface area (Å²) in [5.41, 5.74) is 0.947. The predicted molar refractivity (Wildman–Crippen MR) is 108 cm³/mol. The number of esters is 1. The molecule has 2 fully saturated rings. The molecule has 2 bridgehead atoms. The molecule has 1 aliphatic heterocycles. The van der Waals surface area contributed by atoms with Crippen molar-refractivity contribution < 1.29 is 13.9 Å². The largest absolute Gasteiger partial charge is 0.461 e. The number of rotatable bonds is 4. The van der Waals surface area contributed by atoms with Crippen molar-refractivity contribution in [2.45, 2.75) is 68.5 Å². The smallest absolute Gasteiger partial charge is 0.319 e. The summed E-state index contributed by atoms with van der Waals surface area (Å²) in [7, 11) is 0. The van der Waals surface area contributed by atoms with Crippen LogP contribution in [0.4, 0.5) is 4.39 Å². The minimum absolute atomic E-state index is 0.0316. The van der Waals surface area contributed by atoms with Crippen LogP contribution in [0.1, 0.15) is 52.0 Å². The Labute approximate surface area is 165 Å². The number of fused-ring (bicyclic) bond motifs is 2. The Hall–Kier alpha value is -1.29. The highest BCUT2D eigenvalue weighted by Crippen LogP contribution is 2.47. The van der Waals surface area contributed by atoms with Gasteiger partial charge in [0, 0.05) is 17.1 Å². The first-order chi connectivity index (χ1) is 12.8. The molecule has 0 unspecified atom stereocenters. The van der Waals surface area contributed by atoms with Crippen molar-refractivity contribution in [3.63, 3.8) is 0 Å². The van der Waals surface area contributed by atoms with Crippen molar-refractivity contribution in [1.29, 1.82) is 0 Å². The first-order valence-corrected chi connectivity index (χ1v) is 11.1. The maximum Gasteiger partial charge on any atom is 0.319 e. The van der Waals surface area contributed by atoms with Crippen LogP contribution in [-0.4, -0.2) is 22.6 Å². The number of carbonyl (C=O) groups excluding carboxylic acids is 1. The minimum Gasteiger partial charge on any atom is -0.461 e. The number of thioether (sulfide) groups is 1. The van der Waals surface area contributed by atoms with E-state index < -0.39 is 0 Å². The van der Waals surface area contributed by atoms with Gasteiger partial charge < -0.3 is 4.74 Å². The third-order valence-corrected chi connectivity index (χ3v) is 8.39. The van der Waals surface area contributed by atoms with Gasteiger partial charge in [-0.25, -0.2) is 4.39 Å². The topological polar surface area (TPSA) is 26.3 Å². The maximum atomic E-state index is 13.4. The molecule has 6 atom stereocenters. The van der Waals surface area contributed by atoms with E-state index in [9.17, 15) is 9.18 Å². The molecular weight excluding hydrogens is 359 g/mol. The molecule has 0 N–H and O–H groups in total. The highest BCUT2D eigenvalue weighted by atomic mass is 32.2. The zero-order chi connectivity index (χ0) is 19.2. The van der Waals surface area contributed by atoms with E-state index in [-0.39, 0.29) is 34.5 Å². The van der Waals surface area contributed by atoms with Gasteiger partial charge in [-0.2, -0.15) is 0 Å². The van der Waals surface area contributed by atoms with Gasteiger partial charge in [-0.15, -0.1) is 11.8 Å².